The molecule has 4 nitrogen and oxygen atoms in total. The molecule has 0 aliphatic heterocycles. The first-order valence-electron chi connectivity index (χ1n) is 10.2. The second kappa shape index (κ2) is 10.1. The first kappa shape index (κ1) is 22.5. The van der Waals surface area contributed by atoms with Gasteiger partial charge in [-0.3, -0.25) is 4.79 Å². The van der Waals surface area contributed by atoms with Gasteiger partial charge >= 0.3 is 6.16 Å². The van der Waals surface area contributed by atoms with Gasteiger partial charge in [-0.2, -0.15) is 0 Å². The Bertz CT molecular complexity index is 719. The molecule has 0 saturated heterocycles. The number of allylic oxidation sites excluding steroid dienone is 2. The quantitative estimate of drug-likeness (QED) is 0.445. The molecule has 1 aliphatic rings. The largest absolute Gasteiger partial charge is 0.513 e. The van der Waals surface area contributed by atoms with Crippen molar-refractivity contribution in [1.82, 2.24) is 0 Å². The monoisotopic (exact) mass is 406 g/mol. The summed E-state index contributed by atoms with van der Waals surface area (Å²) in [5.74, 6) is 0.695. The van der Waals surface area contributed by atoms with Crippen LogP contribution in [0, 0.1) is 11.3 Å². The summed E-state index contributed by atoms with van der Waals surface area (Å²) in [6.45, 7) is 8.42. The minimum Gasteiger partial charge on any atom is -0.434 e. The highest BCUT2D eigenvalue weighted by Crippen LogP contribution is 2.40. The second-order valence-electron chi connectivity index (χ2n) is 8.10. The van der Waals surface area contributed by atoms with Crippen molar-refractivity contribution in [2.24, 2.45) is 11.3 Å². The average Bonchev–Trinajstić information content (AvgIpc) is 2.66. The van der Waals surface area contributed by atoms with Crippen LogP contribution in [0.2, 0.25) is 5.02 Å². The van der Waals surface area contributed by atoms with Crippen LogP contribution in [0.3, 0.4) is 0 Å². The average molecular weight is 407 g/mol. The number of Topliss-reactive ketones (excluding diaryl/α,β-unsaturated/α-hetero) is 1. The lowest BCUT2D eigenvalue weighted by Crippen LogP contribution is -2.31. The van der Waals surface area contributed by atoms with Gasteiger partial charge in [-0.15, -0.1) is 0 Å². The Balaban J connectivity index is 2.17. The van der Waals surface area contributed by atoms with Gasteiger partial charge in [0.05, 0.1) is 12.2 Å². The van der Waals surface area contributed by atoms with Crippen LogP contribution >= 0.6 is 11.6 Å². The lowest BCUT2D eigenvalue weighted by molar-refractivity contribution is -0.122. The number of ether oxygens (including phenoxy) is 2. The fourth-order valence-electron chi connectivity index (χ4n) is 3.35. The van der Waals surface area contributed by atoms with Crippen LogP contribution in [0.4, 0.5) is 4.79 Å². The third kappa shape index (κ3) is 5.84. The molecule has 0 amide bonds. The van der Waals surface area contributed by atoms with Gasteiger partial charge in [-0.25, -0.2) is 4.79 Å². The molecule has 1 atom stereocenters. The van der Waals surface area contributed by atoms with Gasteiger partial charge in [0.2, 0.25) is 0 Å². The molecule has 0 heterocycles. The van der Waals surface area contributed by atoms with E-state index in [0.29, 0.717) is 47.3 Å². The maximum atomic E-state index is 13.0. The van der Waals surface area contributed by atoms with Gasteiger partial charge in [0.1, 0.15) is 5.76 Å². The lowest BCUT2D eigenvalue weighted by Gasteiger charge is -2.31. The summed E-state index contributed by atoms with van der Waals surface area (Å²) in [5, 5.41) is 0.589. The van der Waals surface area contributed by atoms with E-state index in [0.717, 1.165) is 25.7 Å². The molecule has 0 fully saturated rings. The fraction of sp³-hybridized carbons (Fsp3) is 0.565. The third-order valence-electron chi connectivity index (χ3n) is 5.42. The van der Waals surface area contributed by atoms with E-state index >= 15 is 0 Å². The van der Waals surface area contributed by atoms with Gasteiger partial charge in [0.15, 0.2) is 5.78 Å². The summed E-state index contributed by atoms with van der Waals surface area (Å²) in [7, 11) is 0. The predicted molar refractivity (Wildman–Crippen MR) is 112 cm³/mol. The zero-order valence-electron chi connectivity index (χ0n) is 17.3. The molecule has 1 unspecified atom stereocenters. The molecule has 2 rings (SSSR count). The number of unbranched alkanes of at least 4 members (excludes halogenated alkanes) is 1. The van der Waals surface area contributed by atoms with E-state index in [4.69, 9.17) is 21.1 Å². The van der Waals surface area contributed by atoms with Crippen LogP contribution in [0.1, 0.15) is 71.8 Å². The molecule has 0 aromatic heterocycles. The first-order valence-corrected chi connectivity index (χ1v) is 10.5. The van der Waals surface area contributed by atoms with E-state index in [1.165, 1.54) is 0 Å². The van der Waals surface area contributed by atoms with Crippen molar-refractivity contribution >= 4 is 29.1 Å². The van der Waals surface area contributed by atoms with Crippen molar-refractivity contribution in [2.75, 3.05) is 6.61 Å². The van der Waals surface area contributed by atoms with Crippen molar-refractivity contribution in [1.29, 1.82) is 0 Å². The van der Waals surface area contributed by atoms with Gasteiger partial charge in [0, 0.05) is 16.9 Å². The van der Waals surface area contributed by atoms with Crippen LogP contribution in [0.25, 0.3) is 5.57 Å². The number of carbonyl (C=O) groups excluding carboxylic acids is 2. The lowest BCUT2D eigenvalue weighted by atomic mass is 9.73. The van der Waals surface area contributed by atoms with Crippen molar-refractivity contribution in [3.8, 4) is 0 Å². The molecule has 0 bridgehead atoms. The molecule has 5 heteroatoms. The van der Waals surface area contributed by atoms with E-state index in [1.54, 1.807) is 24.3 Å². The Morgan fingerprint density at radius 2 is 1.89 bits per heavy atom. The van der Waals surface area contributed by atoms with E-state index in [-0.39, 0.29) is 5.78 Å². The summed E-state index contributed by atoms with van der Waals surface area (Å²) >= 11 is 5.98. The molecule has 0 N–H and O–H groups in total. The third-order valence-corrected chi connectivity index (χ3v) is 5.67. The van der Waals surface area contributed by atoms with Crippen LogP contribution in [-0.4, -0.2) is 18.5 Å². The van der Waals surface area contributed by atoms with Crippen LogP contribution in [-0.2, 0) is 14.3 Å². The fourth-order valence-corrected chi connectivity index (χ4v) is 3.48. The first-order chi connectivity index (χ1) is 13.3. The van der Waals surface area contributed by atoms with Crippen LogP contribution in [0.15, 0.2) is 30.0 Å². The van der Waals surface area contributed by atoms with Crippen molar-refractivity contribution < 1.29 is 19.1 Å². The van der Waals surface area contributed by atoms with Crippen LogP contribution in [0.5, 0.6) is 0 Å². The summed E-state index contributed by atoms with van der Waals surface area (Å²) < 4.78 is 10.9. The topological polar surface area (TPSA) is 52.6 Å². The molecule has 154 valence electrons. The highest BCUT2D eigenvalue weighted by atomic mass is 35.5. The highest BCUT2D eigenvalue weighted by Gasteiger charge is 2.38. The number of halogens is 1. The van der Waals surface area contributed by atoms with Gasteiger partial charge in [-0.1, -0.05) is 70.7 Å². The molecular formula is C23H31ClO4. The maximum absolute atomic E-state index is 13.0. The summed E-state index contributed by atoms with van der Waals surface area (Å²) in [5.41, 5.74) is 0.654. The molecule has 0 radical (unpaired) electrons. The van der Waals surface area contributed by atoms with Gasteiger partial charge < -0.3 is 9.47 Å². The molecule has 0 spiro atoms. The zero-order valence-corrected chi connectivity index (χ0v) is 18.1. The number of rotatable bonds is 8. The highest BCUT2D eigenvalue weighted by molar-refractivity contribution is 6.31. The Hall–Kier alpha value is -1.81. The van der Waals surface area contributed by atoms with Crippen molar-refractivity contribution in [2.45, 2.75) is 66.2 Å². The molecule has 1 aromatic carbocycles. The van der Waals surface area contributed by atoms with Crippen molar-refractivity contribution in [3.05, 3.63) is 40.6 Å². The number of ketones is 1. The molecule has 0 saturated carbocycles. The minimum atomic E-state index is -0.732. The summed E-state index contributed by atoms with van der Waals surface area (Å²) in [6.07, 6.45) is 4.63. The minimum absolute atomic E-state index is 0.0294. The number of hydrogen-bond acceptors (Lipinski definition) is 4. The van der Waals surface area contributed by atoms with Crippen molar-refractivity contribution in [3.63, 3.8) is 0 Å². The predicted octanol–water partition coefficient (Wildman–Crippen LogP) is 6.81. The van der Waals surface area contributed by atoms with Gasteiger partial charge in [0.25, 0.3) is 0 Å². The van der Waals surface area contributed by atoms with Gasteiger partial charge in [-0.05, 0) is 36.5 Å². The normalized spacial score (nSPS) is 17.4. The summed E-state index contributed by atoms with van der Waals surface area (Å²) in [6, 6.07) is 7.02. The maximum Gasteiger partial charge on any atom is 0.513 e. The SMILES string of the molecule is CCCCC(CC)COC(=O)OC1=C(c2ccc(Cl)cc2)C(=O)C(C)(C)CC1. The number of hydrogen-bond donors (Lipinski definition) is 0. The van der Waals surface area contributed by atoms with E-state index in [1.807, 2.05) is 13.8 Å². The van der Waals surface area contributed by atoms with E-state index in [9.17, 15) is 9.59 Å². The van der Waals surface area contributed by atoms with E-state index in [2.05, 4.69) is 13.8 Å². The number of carbonyl (C=O) groups is 2. The zero-order chi connectivity index (χ0) is 20.7. The standard InChI is InChI=1S/C23H31ClO4/c1-5-7-8-16(6-2)15-27-22(26)28-19-13-14-23(3,4)21(25)20(19)17-9-11-18(24)12-10-17/h9-12,16H,5-8,13-15H2,1-4H3. The van der Waals surface area contributed by atoms with E-state index < -0.39 is 11.6 Å². The molecule has 28 heavy (non-hydrogen) atoms. The number of benzene rings is 1. The Morgan fingerprint density at radius 1 is 1.21 bits per heavy atom. The second-order valence-corrected chi connectivity index (χ2v) is 8.53. The summed E-state index contributed by atoms with van der Waals surface area (Å²) in [4.78, 5) is 25.3. The molecular weight excluding hydrogens is 376 g/mol. The molecule has 1 aromatic rings. The Kier molecular flexibility index (Phi) is 8.11. The smallest absolute Gasteiger partial charge is 0.434 e. The Morgan fingerprint density at radius 3 is 2.50 bits per heavy atom. The van der Waals surface area contributed by atoms with Crippen LogP contribution < -0.4 is 0 Å². The Labute approximate surface area is 173 Å². The molecule has 1 aliphatic carbocycles.